The van der Waals surface area contributed by atoms with E-state index in [1.807, 2.05) is 30.3 Å². The predicted molar refractivity (Wildman–Crippen MR) is 119 cm³/mol. The lowest BCUT2D eigenvalue weighted by Crippen LogP contribution is -2.46. The molecule has 3 aromatic rings. The topological polar surface area (TPSA) is 79.5 Å². The van der Waals surface area contributed by atoms with Crippen molar-refractivity contribution in [3.63, 3.8) is 0 Å². The summed E-state index contributed by atoms with van der Waals surface area (Å²) >= 11 is 5.20. The molecule has 3 aromatic carbocycles. The van der Waals surface area contributed by atoms with E-state index in [9.17, 15) is 9.59 Å². The minimum absolute atomic E-state index is 0.221. The summed E-state index contributed by atoms with van der Waals surface area (Å²) in [5.74, 6) is 0.0977. The molecule has 30 heavy (non-hydrogen) atoms. The number of amides is 1. The highest BCUT2D eigenvalue weighted by Gasteiger charge is 2.17. The van der Waals surface area contributed by atoms with E-state index in [0.29, 0.717) is 17.7 Å². The largest absolute Gasteiger partial charge is 0.497 e. The molecular weight excluding hydrogens is 398 g/mol. The zero-order valence-corrected chi connectivity index (χ0v) is 17.2. The van der Waals surface area contributed by atoms with Gasteiger partial charge in [-0.15, -0.1) is 0 Å². The number of ketones is 1. The Kier molecular flexibility index (Phi) is 7.13. The van der Waals surface area contributed by atoms with Crippen LogP contribution in [0.2, 0.25) is 0 Å². The standard InChI is InChI=1S/C23H21N3O3S/c1-29-18-13-11-16(12-14-18)15-24-23(30)26-25-22(28)20-10-6-5-9-19(20)21(27)17-7-3-2-4-8-17/h2-14H,15H2,1H3,(H,25,28)(H2,24,26,30). The van der Waals surface area contributed by atoms with Crippen LogP contribution in [0.25, 0.3) is 0 Å². The van der Waals surface area contributed by atoms with E-state index < -0.39 is 5.91 Å². The molecule has 0 spiro atoms. The quantitative estimate of drug-likeness (QED) is 0.323. The van der Waals surface area contributed by atoms with Gasteiger partial charge in [0.15, 0.2) is 10.9 Å². The molecule has 6 nitrogen and oxygen atoms in total. The molecule has 0 heterocycles. The van der Waals surface area contributed by atoms with Crippen LogP contribution in [-0.4, -0.2) is 23.9 Å². The normalized spacial score (nSPS) is 10.0. The number of thiocarbonyl (C=S) groups is 1. The van der Waals surface area contributed by atoms with E-state index in [1.165, 1.54) is 0 Å². The molecule has 0 aromatic heterocycles. The number of hydrogen-bond donors (Lipinski definition) is 3. The minimum atomic E-state index is -0.455. The van der Waals surface area contributed by atoms with Crippen molar-refractivity contribution in [3.8, 4) is 5.75 Å². The molecule has 1 amide bonds. The summed E-state index contributed by atoms with van der Waals surface area (Å²) in [6.07, 6.45) is 0. The number of methoxy groups -OCH3 is 1. The molecule has 0 atom stereocenters. The minimum Gasteiger partial charge on any atom is -0.497 e. The highest BCUT2D eigenvalue weighted by molar-refractivity contribution is 7.80. The summed E-state index contributed by atoms with van der Waals surface area (Å²) < 4.78 is 5.13. The van der Waals surface area contributed by atoms with Gasteiger partial charge < -0.3 is 10.1 Å². The van der Waals surface area contributed by atoms with Gasteiger partial charge in [0.25, 0.3) is 5.91 Å². The molecular formula is C23H21N3O3S. The maximum atomic E-state index is 12.8. The van der Waals surface area contributed by atoms with Crippen molar-refractivity contribution < 1.29 is 14.3 Å². The van der Waals surface area contributed by atoms with Gasteiger partial charge in [0.1, 0.15) is 5.75 Å². The van der Waals surface area contributed by atoms with Gasteiger partial charge in [-0.05, 0) is 36.0 Å². The van der Waals surface area contributed by atoms with Crippen molar-refractivity contribution in [2.75, 3.05) is 7.11 Å². The molecule has 3 rings (SSSR count). The van der Waals surface area contributed by atoms with E-state index >= 15 is 0 Å². The fraction of sp³-hybridized carbons (Fsp3) is 0.0870. The van der Waals surface area contributed by atoms with E-state index in [0.717, 1.165) is 11.3 Å². The first-order valence-corrected chi connectivity index (χ1v) is 9.65. The van der Waals surface area contributed by atoms with Crippen molar-refractivity contribution in [3.05, 3.63) is 101 Å². The Balaban J connectivity index is 1.58. The molecule has 0 saturated carbocycles. The summed E-state index contributed by atoms with van der Waals surface area (Å²) in [7, 11) is 1.61. The van der Waals surface area contributed by atoms with Gasteiger partial charge in [0, 0.05) is 17.7 Å². The Morgan fingerprint density at radius 2 is 1.47 bits per heavy atom. The van der Waals surface area contributed by atoms with Gasteiger partial charge in [0.2, 0.25) is 0 Å². The van der Waals surface area contributed by atoms with Crippen LogP contribution >= 0.6 is 12.2 Å². The fourth-order valence-electron chi connectivity index (χ4n) is 2.77. The van der Waals surface area contributed by atoms with Crippen LogP contribution < -0.4 is 20.9 Å². The molecule has 0 saturated heterocycles. The lowest BCUT2D eigenvalue weighted by atomic mass is 9.98. The second-order valence-electron chi connectivity index (χ2n) is 6.35. The lowest BCUT2D eigenvalue weighted by molar-refractivity contribution is 0.0933. The number of rotatable bonds is 6. The first-order chi connectivity index (χ1) is 14.6. The second kappa shape index (κ2) is 10.2. The van der Waals surface area contributed by atoms with Crippen molar-refractivity contribution in [1.82, 2.24) is 16.2 Å². The smallest absolute Gasteiger partial charge is 0.270 e. The molecule has 0 unspecified atom stereocenters. The van der Waals surface area contributed by atoms with Crippen LogP contribution in [0.3, 0.4) is 0 Å². The Labute approximate surface area is 180 Å². The van der Waals surface area contributed by atoms with Crippen molar-refractivity contribution in [2.24, 2.45) is 0 Å². The van der Waals surface area contributed by atoms with Gasteiger partial charge in [-0.2, -0.15) is 0 Å². The van der Waals surface area contributed by atoms with Crippen molar-refractivity contribution in [2.45, 2.75) is 6.54 Å². The number of ether oxygens (including phenoxy) is 1. The predicted octanol–water partition coefficient (Wildman–Crippen LogP) is 3.24. The third kappa shape index (κ3) is 5.42. The monoisotopic (exact) mass is 419 g/mol. The maximum Gasteiger partial charge on any atom is 0.270 e. The summed E-state index contributed by atoms with van der Waals surface area (Å²) in [4.78, 5) is 25.4. The molecule has 0 aliphatic carbocycles. The molecule has 152 valence electrons. The third-order valence-corrected chi connectivity index (χ3v) is 4.60. The van der Waals surface area contributed by atoms with Crippen LogP contribution in [0.1, 0.15) is 31.8 Å². The first-order valence-electron chi connectivity index (χ1n) is 9.24. The van der Waals surface area contributed by atoms with Gasteiger partial charge in [-0.1, -0.05) is 60.7 Å². The van der Waals surface area contributed by atoms with Gasteiger partial charge in [0.05, 0.1) is 12.7 Å². The van der Waals surface area contributed by atoms with E-state index in [-0.39, 0.29) is 16.5 Å². The van der Waals surface area contributed by atoms with E-state index in [2.05, 4.69) is 16.2 Å². The van der Waals surface area contributed by atoms with Crippen molar-refractivity contribution in [1.29, 1.82) is 0 Å². The highest BCUT2D eigenvalue weighted by atomic mass is 32.1. The molecule has 0 radical (unpaired) electrons. The fourth-order valence-corrected chi connectivity index (χ4v) is 2.90. The molecule has 0 aliphatic heterocycles. The Bertz CT molecular complexity index is 1040. The number of hydrazine groups is 1. The Morgan fingerprint density at radius 3 is 2.13 bits per heavy atom. The Morgan fingerprint density at radius 1 is 0.833 bits per heavy atom. The average molecular weight is 420 g/mol. The number of carbonyl (C=O) groups excluding carboxylic acids is 2. The Hall–Kier alpha value is -3.71. The van der Waals surface area contributed by atoms with Gasteiger partial charge in [-0.3, -0.25) is 20.4 Å². The number of carbonyl (C=O) groups is 2. The zero-order chi connectivity index (χ0) is 21.3. The maximum absolute atomic E-state index is 12.8. The number of benzene rings is 3. The highest BCUT2D eigenvalue weighted by Crippen LogP contribution is 2.15. The van der Waals surface area contributed by atoms with Crippen LogP contribution in [0.5, 0.6) is 5.75 Å². The van der Waals surface area contributed by atoms with Crippen LogP contribution in [0.15, 0.2) is 78.9 Å². The van der Waals surface area contributed by atoms with Crippen LogP contribution in [0, 0.1) is 0 Å². The van der Waals surface area contributed by atoms with Gasteiger partial charge in [-0.25, -0.2) is 0 Å². The summed E-state index contributed by atoms with van der Waals surface area (Å²) in [5.41, 5.74) is 7.30. The average Bonchev–Trinajstić information content (AvgIpc) is 2.81. The van der Waals surface area contributed by atoms with E-state index in [1.54, 1.807) is 55.6 Å². The third-order valence-electron chi connectivity index (χ3n) is 4.35. The van der Waals surface area contributed by atoms with Crippen LogP contribution in [-0.2, 0) is 6.54 Å². The van der Waals surface area contributed by atoms with Gasteiger partial charge >= 0.3 is 0 Å². The molecule has 7 heteroatoms. The summed E-state index contributed by atoms with van der Waals surface area (Å²) in [6.45, 7) is 0.481. The van der Waals surface area contributed by atoms with Crippen LogP contribution in [0.4, 0.5) is 0 Å². The summed E-state index contributed by atoms with van der Waals surface area (Å²) in [6, 6.07) is 23.0. The van der Waals surface area contributed by atoms with Crippen molar-refractivity contribution >= 4 is 29.0 Å². The zero-order valence-electron chi connectivity index (χ0n) is 16.3. The number of nitrogens with one attached hydrogen (secondary N) is 3. The SMILES string of the molecule is COc1ccc(CNC(=S)NNC(=O)c2ccccc2C(=O)c2ccccc2)cc1. The lowest BCUT2D eigenvalue weighted by Gasteiger charge is -2.13. The first kappa shape index (κ1) is 21.0. The molecule has 0 aliphatic rings. The molecule has 0 bridgehead atoms. The second-order valence-corrected chi connectivity index (χ2v) is 6.76. The van der Waals surface area contributed by atoms with E-state index in [4.69, 9.17) is 17.0 Å². The molecule has 3 N–H and O–H groups in total. The number of hydrogen-bond acceptors (Lipinski definition) is 4. The molecule has 0 fully saturated rings. The summed E-state index contributed by atoms with van der Waals surface area (Å²) in [5, 5.41) is 3.26.